The standard InChI is InChI=1S/C26H28ClF3N8O4.C19H15ClF3N5O3/c27-17-9-5-15(6-10-17)13-33-23-36-24(38-25(37-23)42-14-26(28,29)30)34-18-11-7-16(8-12-18)21(39)35-19(22(40)41)3-1-2-4-20(31)32;20-13-5-1-11(2-6-13)9-24-16-26-17(28-18(27-16)31-10-19(21,22)23)25-14-7-3-12(4-8-14)15(29)30/h5-12,19H,1-4,13-14H2,(H3,31,32)(H,35,39)(H,40,41)(H2,33,34,36,37,38);1-8H,9-10H2,(H,29,30)(H2,24,25,26,27,28)/t19-;/m1./s1. The quantitative estimate of drug-likeness (QED) is 0.0125. The minimum absolute atomic E-state index is 0.00672. The fourth-order valence-electron chi connectivity index (χ4n) is 5.79. The smallest absolute Gasteiger partial charge is 0.422 e. The number of aromatic nitrogens is 6. The summed E-state index contributed by atoms with van der Waals surface area (Å²) >= 11 is 11.7. The van der Waals surface area contributed by atoms with Crippen molar-refractivity contribution < 1.29 is 60.4 Å². The molecule has 0 saturated carbocycles. The normalized spacial score (nSPS) is 11.5. The van der Waals surface area contributed by atoms with Gasteiger partial charge in [-0.15, -0.1) is 0 Å². The van der Waals surface area contributed by atoms with Gasteiger partial charge in [-0.3, -0.25) is 10.2 Å². The third-order valence-electron chi connectivity index (χ3n) is 9.27. The number of anilines is 6. The van der Waals surface area contributed by atoms with Gasteiger partial charge in [0.1, 0.15) is 6.04 Å². The van der Waals surface area contributed by atoms with Crippen molar-refractivity contribution in [2.24, 2.45) is 5.73 Å². The molecule has 0 aliphatic rings. The minimum atomic E-state index is -4.61. The topological polar surface area (TPSA) is 297 Å². The molecule has 0 radical (unpaired) electrons. The van der Waals surface area contributed by atoms with Gasteiger partial charge in [-0.25, -0.2) is 9.59 Å². The van der Waals surface area contributed by atoms with Crippen LogP contribution in [0.5, 0.6) is 12.0 Å². The Bertz CT molecular complexity index is 2800. The van der Waals surface area contributed by atoms with Crippen molar-refractivity contribution in [3.8, 4) is 12.0 Å². The van der Waals surface area contributed by atoms with E-state index in [1.807, 2.05) is 0 Å². The van der Waals surface area contributed by atoms with Crippen molar-refractivity contribution in [2.45, 2.75) is 57.2 Å². The first-order valence-corrected chi connectivity index (χ1v) is 22.0. The van der Waals surface area contributed by atoms with E-state index in [4.69, 9.17) is 44.2 Å². The molecule has 0 aliphatic carbocycles. The van der Waals surface area contributed by atoms with E-state index in [1.54, 1.807) is 48.5 Å². The highest BCUT2D eigenvalue weighted by Gasteiger charge is 2.30. The summed E-state index contributed by atoms with van der Waals surface area (Å²) in [6.07, 6.45) is -7.69. The van der Waals surface area contributed by atoms with Crippen LogP contribution in [0, 0.1) is 5.41 Å². The molecule has 1 amide bonds. The Morgan fingerprint density at radius 3 is 1.40 bits per heavy atom. The number of nitrogens with one attached hydrogen (secondary N) is 6. The lowest BCUT2D eigenvalue weighted by Gasteiger charge is -2.15. The molecule has 10 N–H and O–H groups in total. The second-order valence-corrected chi connectivity index (χ2v) is 16.0. The molecular weight excluding hydrogens is 1020 g/mol. The monoisotopic (exact) mass is 1060 g/mol. The second kappa shape index (κ2) is 26.3. The third kappa shape index (κ3) is 20.5. The molecule has 0 aliphatic heterocycles. The average Bonchev–Trinajstić information content (AvgIpc) is 3.33. The maximum atomic E-state index is 12.7. The molecule has 28 heteroatoms. The Labute approximate surface area is 420 Å². The Morgan fingerprint density at radius 1 is 0.603 bits per heavy atom. The van der Waals surface area contributed by atoms with E-state index in [0.717, 1.165) is 11.1 Å². The van der Waals surface area contributed by atoms with E-state index in [9.17, 15) is 45.8 Å². The molecule has 4 aromatic carbocycles. The van der Waals surface area contributed by atoms with Gasteiger partial charge < -0.3 is 52.0 Å². The van der Waals surface area contributed by atoms with Gasteiger partial charge in [0, 0.05) is 46.5 Å². The SMILES string of the molecule is N=C(N)CCCC[C@@H](NC(=O)c1ccc(Nc2nc(NCc3ccc(Cl)cc3)nc(OCC(F)(F)F)n2)cc1)C(=O)O.O=C(O)c1ccc(Nc2nc(NCc3ccc(Cl)cc3)nc(OCC(F)(F)F)n2)cc1. The maximum absolute atomic E-state index is 12.7. The first kappa shape index (κ1) is 55.7. The molecule has 73 heavy (non-hydrogen) atoms. The lowest BCUT2D eigenvalue weighted by molar-refractivity contribution is -0.155. The van der Waals surface area contributed by atoms with Crippen LogP contribution in [0.2, 0.25) is 10.0 Å². The van der Waals surface area contributed by atoms with Crippen LogP contribution in [0.4, 0.5) is 61.5 Å². The van der Waals surface area contributed by atoms with Crippen LogP contribution in [-0.2, 0) is 17.9 Å². The Kier molecular flexibility index (Phi) is 20.0. The van der Waals surface area contributed by atoms with E-state index < -0.39 is 61.5 Å². The summed E-state index contributed by atoms with van der Waals surface area (Å²) in [6, 6.07) is 23.0. The molecule has 2 aromatic heterocycles. The number of carbonyl (C=O) groups excluding carboxylic acids is 1. The molecule has 0 fully saturated rings. The van der Waals surface area contributed by atoms with E-state index in [0.29, 0.717) is 40.7 Å². The fraction of sp³-hybridized carbons (Fsp3) is 0.244. The highest BCUT2D eigenvalue weighted by Crippen LogP contribution is 2.23. The van der Waals surface area contributed by atoms with Crippen LogP contribution in [0.15, 0.2) is 97.1 Å². The predicted octanol–water partition coefficient (Wildman–Crippen LogP) is 9.02. The fourth-order valence-corrected chi connectivity index (χ4v) is 6.05. The lowest BCUT2D eigenvalue weighted by Crippen LogP contribution is -2.40. The Morgan fingerprint density at radius 2 is 1.01 bits per heavy atom. The zero-order valence-electron chi connectivity index (χ0n) is 37.7. The van der Waals surface area contributed by atoms with Gasteiger partial charge >= 0.3 is 36.3 Å². The van der Waals surface area contributed by atoms with Crippen molar-refractivity contribution in [3.63, 3.8) is 0 Å². The summed E-state index contributed by atoms with van der Waals surface area (Å²) in [6.45, 7) is -2.67. The highest BCUT2D eigenvalue weighted by molar-refractivity contribution is 6.30. The van der Waals surface area contributed by atoms with Crippen molar-refractivity contribution >= 4 is 82.1 Å². The van der Waals surface area contributed by atoms with Crippen molar-refractivity contribution in [1.29, 1.82) is 5.41 Å². The number of hydrogen-bond donors (Lipinski definition) is 9. The Balaban J connectivity index is 0.000000283. The molecule has 20 nitrogen and oxygen atoms in total. The second-order valence-electron chi connectivity index (χ2n) is 15.1. The number of benzene rings is 4. The number of nitrogens with zero attached hydrogens (tertiary/aromatic N) is 6. The summed E-state index contributed by atoms with van der Waals surface area (Å²) in [4.78, 5) is 58.8. The van der Waals surface area contributed by atoms with E-state index in [-0.39, 0.29) is 60.3 Å². The molecule has 6 aromatic rings. The largest absolute Gasteiger partial charge is 0.480 e. The molecule has 1 atom stereocenters. The van der Waals surface area contributed by atoms with Crippen LogP contribution in [0.3, 0.4) is 0 Å². The first-order chi connectivity index (χ1) is 34.5. The van der Waals surface area contributed by atoms with Crippen molar-refractivity contribution in [1.82, 2.24) is 35.2 Å². The number of carboxylic acid groups (broad SMARTS) is 2. The maximum Gasteiger partial charge on any atom is 0.422 e. The van der Waals surface area contributed by atoms with Crippen LogP contribution in [0.25, 0.3) is 0 Å². The zero-order valence-corrected chi connectivity index (χ0v) is 39.2. The lowest BCUT2D eigenvalue weighted by atomic mass is 10.1. The van der Waals surface area contributed by atoms with Crippen LogP contribution < -0.4 is 41.8 Å². The number of rotatable bonds is 23. The number of carbonyl (C=O) groups is 3. The number of amides is 1. The number of aliphatic carboxylic acids is 1. The number of alkyl halides is 6. The summed E-state index contributed by atoms with van der Waals surface area (Å²) in [7, 11) is 0. The van der Waals surface area contributed by atoms with Gasteiger partial charge in [-0.2, -0.15) is 56.2 Å². The third-order valence-corrected chi connectivity index (χ3v) is 9.77. The molecule has 6 rings (SSSR count). The van der Waals surface area contributed by atoms with Crippen LogP contribution in [0.1, 0.15) is 57.5 Å². The number of carboxylic acids is 2. The number of halogens is 8. The Hall–Kier alpha value is -8.26. The van der Waals surface area contributed by atoms with Crippen molar-refractivity contribution in [2.75, 3.05) is 34.5 Å². The average molecular weight is 1060 g/mol. The van der Waals surface area contributed by atoms with Gasteiger partial charge in [0.05, 0.1) is 11.4 Å². The van der Waals surface area contributed by atoms with Crippen molar-refractivity contribution in [3.05, 3.63) is 129 Å². The number of unbranched alkanes of at least 4 members (excludes halogenated alkanes) is 1. The van der Waals surface area contributed by atoms with Gasteiger partial charge in [0.15, 0.2) is 13.2 Å². The summed E-state index contributed by atoms with van der Waals surface area (Å²) in [5.74, 6) is -3.19. The molecule has 0 bridgehead atoms. The highest BCUT2D eigenvalue weighted by atomic mass is 35.5. The molecular formula is C45H43Cl2F6N13O7. The van der Waals surface area contributed by atoms with E-state index in [2.05, 4.69) is 61.2 Å². The first-order valence-electron chi connectivity index (χ1n) is 21.3. The zero-order chi connectivity index (χ0) is 53.1. The van der Waals surface area contributed by atoms with Gasteiger partial charge in [-0.1, -0.05) is 53.9 Å². The number of nitrogens with two attached hydrogens (primary N) is 1. The number of amidine groups is 1. The van der Waals surface area contributed by atoms with E-state index >= 15 is 0 Å². The summed E-state index contributed by atoms with van der Waals surface area (Å²) in [5, 5.41) is 40.6. The molecule has 0 unspecified atom stereocenters. The number of ether oxygens (including phenoxy) is 2. The van der Waals surface area contributed by atoms with Gasteiger partial charge in [0.2, 0.25) is 23.8 Å². The minimum Gasteiger partial charge on any atom is -0.480 e. The predicted molar refractivity (Wildman–Crippen MR) is 256 cm³/mol. The molecule has 2 heterocycles. The summed E-state index contributed by atoms with van der Waals surface area (Å²) < 4.78 is 85.0. The summed E-state index contributed by atoms with van der Waals surface area (Å²) in [5.41, 5.74) is 7.98. The van der Waals surface area contributed by atoms with Gasteiger partial charge in [-0.05, 0) is 96.8 Å². The molecule has 0 saturated heterocycles. The number of hydrogen-bond acceptors (Lipinski definition) is 16. The molecule has 0 spiro atoms. The van der Waals surface area contributed by atoms with Gasteiger partial charge in [0.25, 0.3) is 5.91 Å². The van der Waals surface area contributed by atoms with Crippen LogP contribution >= 0.6 is 23.2 Å². The molecule has 386 valence electrons. The van der Waals surface area contributed by atoms with Crippen LogP contribution in [-0.4, -0.2) is 95.4 Å². The van der Waals surface area contributed by atoms with E-state index in [1.165, 1.54) is 48.5 Å². The number of aromatic carboxylic acids is 1.